The number of sulfone groups is 1. The van der Waals surface area contributed by atoms with Gasteiger partial charge in [0.15, 0.2) is 9.84 Å². The number of hydrogen-bond acceptors (Lipinski definition) is 5. The van der Waals surface area contributed by atoms with E-state index in [4.69, 9.17) is 11.6 Å². The molecule has 7 nitrogen and oxygen atoms in total. The molecule has 0 unspecified atom stereocenters. The highest BCUT2D eigenvalue weighted by atomic mass is 35.5. The smallest absolute Gasteiger partial charge is 0.256 e. The molecule has 2 amide bonds. The molecule has 188 valence electrons. The lowest BCUT2D eigenvalue weighted by atomic mass is 10.00. The van der Waals surface area contributed by atoms with Crippen molar-refractivity contribution in [3.8, 4) is 0 Å². The van der Waals surface area contributed by atoms with Crippen molar-refractivity contribution in [1.29, 1.82) is 0 Å². The number of halogens is 3. The molecule has 1 saturated heterocycles. The molecule has 1 aliphatic carbocycles. The minimum Gasteiger partial charge on any atom is -0.347 e. The number of nitrogens with zero attached hydrogens (tertiary/aromatic N) is 2. The van der Waals surface area contributed by atoms with Crippen LogP contribution in [0.25, 0.3) is 0 Å². The summed E-state index contributed by atoms with van der Waals surface area (Å²) in [7, 11) is -3.57. The molecule has 1 N–H and O–H groups in total. The third-order valence-corrected chi connectivity index (χ3v) is 8.53. The van der Waals surface area contributed by atoms with Gasteiger partial charge in [-0.05, 0) is 49.3 Å². The van der Waals surface area contributed by atoms with Gasteiger partial charge in [0.1, 0.15) is 17.7 Å². The molecular weight excluding hydrogens is 500 g/mol. The summed E-state index contributed by atoms with van der Waals surface area (Å²) < 4.78 is 53.2. The summed E-state index contributed by atoms with van der Waals surface area (Å²) in [5, 5.41) is 2.49. The maximum Gasteiger partial charge on any atom is 0.256 e. The highest BCUT2D eigenvalue weighted by Crippen LogP contribution is 2.42. The van der Waals surface area contributed by atoms with Crippen molar-refractivity contribution in [1.82, 2.24) is 15.2 Å². The molecule has 3 atom stereocenters. The molecule has 4 rings (SSSR count). The first-order chi connectivity index (χ1) is 16.5. The van der Waals surface area contributed by atoms with Crippen LogP contribution in [0, 0.1) is 23.5 Å². The van der Waals surface area contributed by atoms with E-state index in [2.05, 4.69) is 10.3 Å². The van der Waals surface area contributed by atoms with E-state index in [1.165, 1.54) is 30.3 Å². The first-order valence-electron chi connectivity index (χ1n) is 11.5. The second-order valence-corrected chi connectivity index (χ2v) is 11.9. The summed E-state index contributed by atoms with van der Waals surface area (Å²) >= 11 is 5.68. The predicted octanol–water partition coefficient (Wildman–Crippen LogP) is 3.92. The zero-order valence-corrected chi connectivity index (χ0v) is 20.9. The van der Waals surface area contributed by atoms with Crippen LogP contribution in [0.15, 0.2) is 35.5 Å². The highest BCUT2D eigenvalue weighted by molar-refractivity contribution is 7.91. The van der Waals surface area contributed by atoms with E-state index >= 15 is 0 Å². The van der Waals surface area contributed by atoms with Crippen LogP contribution in [0.3, 0.4) is 0 Å². The lowest BCUT2D eigenvalue weighted by Crippen LogP contribution is -2.47. The van der Waals surface area contributed by atoms with Crippen molar-refractivity contribution < 1.29 is 26.8 Å². The van der Waals surface area contributed by atoms with E-state index in [1.54, 1.807) is 0 Å². The standard InChI is InChI=1S/C24H26ClF2N3O4S/c1-3-35(33,34)16-7-15(10-28-11-16)24(32)30-12-13(2)6-21(30)23(31)29-22(14-4-5-14)17-8-20(27)18(25)9-19(17)26/h7-11,13-14,21-22H,3-6,12H2,1-2H3,(H,29,31)/t13-,21-,22-/m1/s1. The van der Waals surface area contributed by atoms with Gasteiger partial charge in [0, 0.05) is 24.5 Å². The van der Waals surface area contributed by atoms with Crippen LogP contribution in [0.1, 0.15) is 55.1 Å². The molecule has 2 heterocycles. The Bertz CT molecular complexity index is 1270. The van der Waals surface area contributed by atoms with Crippen LogP contribution in [-0.2, 0) is 14.6 Å². The third kappa shape index (κ3) is 5.33. The van der Waals surface area contributed by atoms with Crippen LogP contribution >= 0.6 is 11.6 Å². The fourth-order valence-corrected chi connectivity index (χ4v) is 5.47. The minimum absolute atomic E-state index is 0.00861. The van der Waals surface area contributed by atoms with Crippen molar-refractivity contribution in [3.63, 3.8) is 0 Å². The first kappa shape index (κ1) is 25.5. The van der Waals surface area contributed by atoms with Crippen LogP contribution in [0.4, 0.5) is 8.78 Å². The Kier molecular flexibility index (Phi) is 7.15. The summed E-state index contributed by atoms with van der Waals surface area (Å²) in [5.41, 5.74) is 0.0873. The van der Waals surface area contributed by atoms with E-state index < -0.39 is 45.4 Å². The van der Waals surface area contributed by atoms with Gasteiger partial charge in [0.05, 0.1) is 27.3 Å². The Labute approximate surface area is 207 Å². The molecule has 0 bridgehead atoms. The molecule has 1 aromatic carbocycles. The van der Waals surface area contributed by atoms with Crippen LogP contribution in [0.5, 0.6) is 0 Å². The second-order valence-electron chi connectivity index (χ2n) is 9.24. The number of carbonyl (C=O) groups excluding carboxylic acids is 2. The summed E-state index contributed by atoms with van der Waals surface area (Å²) in [4.78, 5) is 31.9. The monoisotopic (exact) mass is 525 g/mol. The Morgan fingerprint density at radius 2 is 1.91 bits per heavy atom. The SMILES string of the molecule is CCS(=O)(=O)c1cncc(C(=O)N2C[C@H](C)C[C@@H]2C(=O)N[C@@H](c2cc(F)c(Cl)cc2F)C2CC2)c1. The lowest BCUT2D eigenvalue weighted by molar-refractivity contribution is -0.125. The molecule has 2 aliphatic rings. The normalized spacial score (nSPS) is 21.1. The average molecular weight is 526 g/mol. The topological polar surface area (TPSA) is 96.4 Å². The lowest BCUT2D eigenvalue weighted by Gasteiger charge is -2.27. The molecule has 0 spiro atoms. The number of amides is 2. The molecule has 11 heteroatoms. The summed E-state index contributed by atoms with van der Waals surface area (Å²) in [5.74, 6) is -2.64. The van der Waals surface area contributed by atoms with E-state index in [9.17, 15) is 26.8 Å². The van der Waals surface area contributed by atoms with Crippen molar-refractivity contribution in [2.75, 3.05) is 12.3 Å². The van der Waals surface area contributed by atoms with Gasteiger partial charge in [0.2, 0.25) is 5.91 Å². The first-order valence-corrected chi connectivity index (χ1v) is 13.5. The largest absolute Gasteiger partial charge is 0.347 e. The molecule has 2 fully saturated rings. The summed E-state index contributed by atoms with van der Waals surface area (Å²) in [6, 6.07) is 1.58. The zero-order chi connectivity index (χ0) is 25.5. The van der Waals surface area contributed by atoms with Gasteiger partial charge in [0.25, 0.3) is 5.91 Å². The fraction of sp³-hybridized carbons (Fsp3) is 0.458. The van der Waals surface area contributed by atoms with E-state index in [1.807, 2.05) is 6.92 Å². The number of pyridine rings is 1. The maximum atomic E-state index is 14.6. The number of aromatic nitrogens is 1. The van der Waals surface area contributed by atoms with Crippen molar-refractivity contribution in [3.05, 3.63) is 58.4 Å². The van der Waals surface area contributed by atoms with Gasteiger partial charge >= 0.3 is 0 Å². The number of likely N-dealkylation sites (tertiary alicyclic amines) is 1. The number of hydrogen-bond donors (Lipinski definition) is 1. The van der Waals surface area contributed by atoms with Crippen molar-refractivity contribution in [2.24, 2.45) is 11.8 Å². The van der Waals surface area contributed by atoms with Crippen molar-refractivity contribution >= 4 is 33.3 Å². The third-order valence-electron chi connectivity index (χ3n) is 6.54. The fourth-order valence-electron chi connectivity index (χ4n) is 4.46. The van der Waals surface area contributed by atoms with E-state index in [-0.39, 0.29) is 38.6 Å². The summed E-state index contributed by atoms with van der Waals surface area (Å²) in [6.45, 7) is 3.69. The molecule has 0 radical (unpaired) electrons. The number of rotatable bonds is 7. The Morgan fingerprint density at radius 3 is 2.57 bits per heavy atom. The molecular formula is C24H26ClF2N3O4S. The maximum absolute atomic E-state index is 14.6. The Morgan fingerprint density at radius 1 is 1.20 bits per heavy atom. The average Bonchev–Trinajstić information content (AvgIpc) is 3.60. The van der Waals surface area contributed by atoms with Gasteiger partial charge in [-0.1, -0.05) is 25.4 Å². The second kappa shape index (κ2) is 9.81. The zero-order valence-electron chi connectivity index (χ0n) is 19.3. The molecule has 2 aromatic rings. The molecule has 1 aliphatic heterocycles. The quantitative estimate of drug-likeness (QED) is 0.553. The molecule has 1 saturated carbocycles. The Hall–Kier alpha value is -2.59. The van der Waals surface area contributed by atoms with Crippen LogP contribution in [-0.4, -0.2) is 48.5 Å². The van der Waals surface area contributed by atoms with Gasteiger partial charge < -0.3 is 10.2 Å². The molecule has 35 heavy (non-hydrogen) atoms. The van der Waals surface area contributed by atoms with Crippen LogP contribution < -0.4 is 5.32 Å². The number of nitrogens with one attached hydrogen (secondary N) is 1. The predicted molar refractivity (Wildman–Crippen MR) is 126 cm³/mol. The number of benzene rings is 1. The van der Waals surface area contributed by atoms with Gasteiger partial charge in [-0.3, -0.25) is 14.6 Å². The van der Waals surface area contributed by atoms with E-state index in [0.29, 0.717) is 13.0 Å². The van der Waals surface area contributed by atoms with E-state index in [0.717, 1.165) is 25.0 Å². The van der Waals surface area contributed by atoms with Crippen molar-refractivity contribution in [2.45, 2.75) is 50.1 Å². The van der Waals surface area contributed by atoms with Gasteiger partial charge in [-0.25, -0.2) is 17.2 Å². The van der Waals surface area contributed by atoms with Crippen LogP contribution in [0.2, 0.25) is 5.02 Å². The number of carbonyl (C=O) groups is 2. The summed E-state index contributed by atoms with van der Waals surface area (Å²) in [6.07, 6.45) is 4.35. The van der Waals surface area contributed by atoms with Gasteiger partial charge in [-0.15, -0.1) is 0 Å². The highest BCUT2D eigenvalue weighted by Gasteiger charge is 2.42. The Balaban J connectivity index is 1.58. The molecule has 1 aromatic heterocycles. The van der Waals surface area contributed by atoms with Gasteiger partial charge in [-0.2, -0.15) is 0 Å². The minimum atomic E-state index is -3.57.